The van der Waals surface area contributed by atoms with Crippen LogP contribution in [0.15, 0.2) is 298 Å². The second-order valence-corrected chi connectivity index (χ2v) is 37.2. The first-order valence-electron chi connectivity index (χ1n) is 47.6. The number of rotatable bonds is 21. The SMILES string of the molecule is Cc1ccc(-c2cccc(C(=O)Nc3cnccc3N3CCNCC3)n2)s1.Nc1ccc(-c2cccc(C(=O)Nc3cnccc3N3CCNCC3)n2)cc1.O=C(Nc1cnccc1N1CCNCC1)c1cccc(-c2ccc(-c3ccccc3)s2)n1.O=C(Nc1cnccc1N1CCNCC1)c1cccc(-c2ccc3c(c2)CCO3)n1.O=C(Nc1cnccc1N1CCNCC1)c1cccc(-c2cccs2)n1. The number of nitrogen functional groups attached to an aromatic ring is 1. The molecule has 0 atom stereocenters. The van der Waals surface area contributed by atoms with Crippen molar-refractivity contribution in [1.29, 1.82) is 0 Å². The first kappa shape index (κ1) is 97.2. The van der Waals surface area contributed by atoms with Crippen LogP contribution >= 0.6 is 34.0 Å². The van der Waals surface area contributed by atoms with Gasteiger partial charge in [-0.1, -0.05) is 78.9 Å². The number of benzene rings is 3. The molecular formula is C108H108N26O6S3. The third kappa shape index (κ3) is 25.6. The number of nitrogens with one attached hydrogen (secondary N) is 10. The van der Waals surface area contributed by atoms with Crippen LogP contribution in [-0.4, -0.2) is 217 Å². The molecule has 19 heterocycles. The lowest BCUT2D eigenvalue weighted by Crippen LogP contribution is -2.43. The van der Waals surface area contributed by atoms with Crippen LogP contribution in [0.2, 0.25) is 0 Å². The van der Waals surface area contributed by atoms with Gasteiger partial charge in [0.05, 0.1) is 138 Å². The molecule has 3 aromatic carbocycles. The summed E-state index contributed by atoms with van der Waals surface area (Å²) in [5.41, 5.74) is 24.9. The summed E-state index contributed by atoms with van der Waals surface area (Å²) in [7, 11) is 0. The number of carbonyl (C=O) groups is 5. The average molecular weight is 1960 g/mol. The molecule has 32 nitrogen and oxygen atoms in total. The summed E-state index contributed by atoms with van der Waals surface area (Å²) in [6.07, 6.45) is 18.1. The molecule has 0 aliphatic carbocycles. The van der Waals surface area contributed by atoms with E-state index in [0.717, 1.165) is 232 Å². The summed E-state index contributed by atoms with van der Waals surface area (Å²) in [6.45, 7) is 21.0. The standard InChI is InChI=1S/C25H23N5OS.C23H23N5O2.C21H22N6O.C20H21N5OS.C19H19N5OS/c31-25(29-21-17-27-12-11-22(21)30-15-13-26-14-16-30)20-8-4-7-19(28-20)24-10-9-23(32-24)18-5-2-1-3-6-18;29-23(27-20-15-25-8-6-21(20)28-11-9-24-10-12-28)19-3-1-2-18(26-19)16-4-5-22-17(14-16)7-13-30-22;22-16-6-4-15(5-7-16)17-2-1-3-18(25-17)21(28)26-19-14-24-9-8-20(19)27-12-10-23-11-13-27;1-14-5-6-19(27-14)15-3-2-4-16(23-15)20(26)24-17-13-22-8-7-18(17)25-11-9-21-10-12-25;25-19(15-4-1-3-14(22-15)18-5-2-12-26-18)23-16-13-21-7-6-17(16)24-10-8-20-9-11-24/h1-12,17,26H,13-16H2,(H,29,31);1-6,8,14-15,24H,7,9-13H2,(H,27,29);1-9,14,23H,10-13,22H2,(H,26,28);2-8,13,21H,9-12H2,1H3,(H,24,26);1-7,12-13,20H,8-11H2,(H,23,25). The van der Waals surface area contributed by atoms with Gasteiger partial charge in [0.1, 0.15) is 34.2 Å². The minimum atomic E-state index is -0.262. The Bertz CT molecular complexity index is 7030. The summed E-state index contributed by atoms with van der Waals surface area (Å²) >= 11 is 4.94. The Hall–Kier alpha value is -16.0. The van der Waals surface area contributed by atoms with E-state index in [0.29, 0.717) is 62.6 Å². The van der Waals surface area contributed by atoms with Crippen molar-refractivity contribution in [3.8, 4) is 70.4 Å². The maximum atomic E-state index is 13.0. The third-order valence-corrected chi connectivity index (χ3v) is 27.4. The fraction of sp³-hybridized carbons (Fsp3) is 0.213. The molecule has 12 N–H and O–H groups in total. The molecule has 143 heavy (non-hydrogen) atoms. The van der Waals surface area contributed by atoms with Gasteiger partial charge in [0.2, 0.25) is 0 Å². The molecule has 13 aromatic heterocycles. The minimum absolute atomic E-state index is 0.227. The highest BCUT2D eigenvalue weighted by Gasteiger charge is 2.26. The number of aryl methyl sites for hydroxylation is 1. The van der Waals surface area contributed by atoms with Crippen molar-refractivity contribution in [1.82, 2.24) is 76.4 Å². The largest absolute Gasteiger partial charge is 0.493 e. The van der Waals surface area contributed by atoms with Crippen molar-refractivity contribution < 1.29 is 28.7 Å². The van der Waals surface area contributed by atoms with Gasteiger partial charge in [-0.2, -0.15) is 0 Å². The molecule has 6 aliphatic rings. The lowest BCUT2D eigenvalue weighted by Gasteiger charge is -2.30. The number of fused-ring (bicyclic) bond motifs is 1. The fourth-order valence-corrected chi connectivity index (χ4v) is 19.5. The van der Waals surface area contributed by atoms with Crippen molar-refractivity contribution >= 4 is 126 Å². The van der Waals surface area contributed by atoms with Gasteiger partial charge in [-0.05, 0) is 175 Å². The lowest BCUT2D eigenvalue weighted by molar-refractivity contribution is 0.101. The molecule has 6 aliphatic heterocycles. The monoisotopic (exact) mass is 1960 g/mol. The zero-order valence-electron chi connectivity index (χ0n) is 78.8. The van der Waals surface area contributed by atoms with E-state index in [4.69, 9.17) is 10.5 Å². The number of pyridine rings is 10. The summed E-state index contributed by atoms with van der Waals surface area (Å²) in [5.74, 6) is -0.268. The van der Waals surface area contributed by atoms with Crippen molar-refractivity contribution in [2.24, 2.45) is 0 Å². The zero-order chi connectivity index (χ0) is 97.8. The van der Waals surface area contributed by atoms with E-state index in [1.807, 2.05) is 169 Å². The first-order chi connectivity index (χ1) is 70.3. The zero-order valence-corrected chi connectivity index (χ0v) is 81.3. The maximum absolute atomic E-state index is 13.0. The number of hydrogen-bond acceptors (Lipinski definition) is 30. The maximum Gasteiger partial charge on any atom is 0.274 e. The molecule has 5 saturated heterocycles. The number of anilines is 11. The van der Waals surface area contributed by atoms with Gasteiger partial charge in [-0.3, -0.25) is 48.9 Å². The predicted octanol–water partition coefficient (Wildman–Crippen LogP) is 15.7. The Morgan fingerprint density at radius 2 is 0.643 bits per heavy atom. The van der Waals surface area contributed by atoms with E-state index in [9.17, 15) is 24.0 Å². The summed E-state index contributed by atoms with van der Waals surface area (Å²) < 4.78 is 5.58. The van der Waals surface area contributed by atoms with Crippen LogP contribution in [0.3, 0.4) is 0 Å². The van der Waals surface area contributed by atoms with Crippen molar-refractivity contribution in [2.45, 2.75) is 13.3 Å². The molecule has 0 radical (unpaired) electrons. The van der Waals surface area contributed by atoms with Gasteiger partial charge in [0, 0.05) is 195 Å². The molecule has 0 saturated carbocycles. The molecule has 22 rings (SSSR count). The normalized spacial score (nSPS) is 14.3. The quantitative estimate of drug-likeness (QED) is 0.0298. The Morgan fingerprint density at radius 1 is 0.315 bits per heavy atom. The topological polar surface area (TPSA) is 386 Å². The summed E-state index contributed by atoms with van der Waals surface area (Å²) in [6, 6.07) is 73.2. The van der Waals surface area contributed by atoms with E-state index in [-0.39, 0.29) is 29.5 Å². The number of hydrogen-bond donors (Lipinski definition) is 11. The summed E-state index contributed by atoms with van der Waals surface area (Å²) in [4.78, 5) is 125. The molecular weight excluding hydrogens is 1850 g/mol. The molecule has 16 aromatic rings. The van der Waals surface area contributed by atoms with Crippen LogP contribution in [0.4, 0.5) is 62.6 Å². The molecule has 0 spiro atoms. The average Bonchev–Trinajstić information content (AvgIpc) is 1.80. The van der Waals surface area contributed by atoms with Gasteiger partial charge in [0.15, 0.2) is 0 Å². The van der Waals surface area contributed by atoms with Crippen LogP contribution in [0.1, 0.15) is 62.9 Å². The minimum Gasteiger partial charge on any atom is -0.493 e. The number of piperazine rings is 5. The van der Waals surface area contributed by atoms with Gasteiger partial charge in [-0.25, -0.2) is 24.9 Å². The highest BCUT2D eigenvalue weighted by molar-refractivity contribution is 7.18. The number of nitrogens with two attached hydrogens (primary N) is 1. The van der Waals surface area contributed by atoms with Crippen LogP contribution in [-0.2, 0) is 6.42 Å². The molecule has 35 heteroatoms. The second kappa shape index (κ2) is 48.3. The lowest BCUT2D eigenvalue weighted by atomic mass is 10.1. The Morgan fingerprint density at radius 3 is 1.00 bits per heavy atom. The molecule has 0 unspecified atom stereocenters. The Labute approximate surface area is 840 Å². The van der Waals surface area contributed by atoms with Gasteiger partial charge in [0.25, 0.3) is 29.5 Å². The third-order valence-electron chi connectivity index (χ3n) is 24.3. The van der Waals surface area contributed by atoms with E-state index < -0.39 is 0 Å². The van der Waals surface area contributed by atoms with E-state index in [1.54, 1.807) is 126 Å². The molecule has 0 bridgehead atoms. The first-order valence-corrected chi connectivity index (χ1v) is 50.1. The number of aromatic nitrogens is 10. The van der Waals surface area contributed by atoms with E-state index >= 15 is 0 Å². The highest BCUT2D eigenvalue weighted by Crippen LogP contribution is 2.38. The van der Waals surface area contributed by atoms with Gasteiger partial charge in [-0.15, -0.1) is 34.0 Å². The van der Waals surface area contributed by atoms with Gasteiger partial charge < -0.3 is 88.1 Å². The smallest absolute Gasteiger partial charge is 0.274 e. The van der Waals surface area contributed by atoms with Crippen LogP contribution in [0, 0.1) is 6.92 Å². The summed E-state index contributed by atoms with van der Waals surface area (Å²) in [5, 5.41) is 33.6. The van der Waals surface area contributed by atoms with Crippen molar-refractivity contribution in [3.63, 3.8) is 0 Å². The number of thiophene rings is 3. The second-order valence-electron chi connectivity index (χ2n) is 33.9. The number of carbonyl (C=O) groups excluding carboxylic acids is 5. The Balaban J connectivity index is 0.000000118. The number of ether oxygens (including phenoxy) is 1. The molecule has 724 valence electrons. The van der Waals surface area contributed by atoms with Crippen LogP contribution < -0.4 is 88.1 Å². The van der Waals surface area contributed by atoms with E-state index in [1.165, 1.54) is 20.9 Å². The molecule has 5 fully saturated rings. The number of amides is 5. The van der Waals surface area contributed by atoms with Crippen LogP contribution in [0.25, 0.3) is 64.7 Å². The number of nitrogens with zero attached hydrogens (tertiary/aromatic N) is 15. The van der Waals surface area contributed by atoms with E-state index in [2.05, 4.69) is 171 Å². The van der Waals surface area contributed by atoms with Crippen LogP contribution in [0.5, 0.6) is 5.75 Å². The fourth-order valence-electron chi connectivity index (χ4n) is 17.0. The highest BCUT2D eigenvalue weighted by atomic mass is 32.1. The molecule has 5 amide bonds. The Kier molecular flexibility index (Phi) is 32.8. The van der Waals surface area contributed by atoms with Crippen molar-refractivity contribution in [2.75, 3.05) is 194 Å². The van der Waals surface area contributed by atoms with Crippen molar-refractivity contribution in [3.05, 3.63) is 337 Å². The van der Waals surface area contributed by atoms with Gasteiger partial charge >= 0.3 is 0 Å². The predicted molar refractivity (Wildman–Crippen MR) is 572 cm³/mol.